The molecule has 5 nitrogen and oxygen atoms in total. The molecule has 0 aliphatic carbocycles. The van der Waals surface area contributed by atoms with Gasteiger partial charge < -0.3 is 10.6 Å². The number of amides is 1. The second-order valence-electron chi connectivity index (χ2n) is 5.47. The van der Waals surface area contributed by atoms with Crippen LogP contribution in [0.25, 0.3) is 0 Å². The number of benzene rings is 2. The third-order valence-corrected chi connectivity index (χ3v) is 3.46. The molecule has 0 atom stereocenters. The number of aromatic nitrogens is 2. The first-order chi connectivity index (χ1) is 12.8. The molecule has 0 unspecified atom stereocenters. The molecule has 1 aromatic heterocycles. The Morgan fingerprint density at radius 2 is 1.63 bits per heavy atom. The number of hydrogen-bond donors (Lipinski definition) is 2. The number of hydrogen-bond acceptors (Lipinski definition) is 4. The Bertz CT molecular complexity index is 941. The van der Waals surface area contributed by atoms with Crippen molar-refractivity contribution in [1.82, 2.24) is 10.2 Å². The lowest BCUT2D eigenvalue weighted by atomic mass is 10.2. The summed E-state index contributed by atoms with van der Waals surface area (Å²) >= 11 is 0. The van der Waals surface area contributed by atoms with E-state index in [2.05, 4.69) is 20.8 Å². The third-order valence-electron chi connectivity index (χ3n) is 3.46. The van der Waals surface area contributed by atoms with Gasteiger partial charge in [0.25, 0.3) is 5.91 Å². The summed E-state index contributed by atoms with van der Waals surface area (Å²) in [7, 11) is 0. The van der Waals surface area contributed by atoms with Crippen LogP contribution in [0.5, 0.6) is 0 Å². The van der Waals surface area contributed by atoms with Gasteiger partial charge in [-0.25, -0.2) is 4.39 Å². The van der Waals surface area contributed by atoms with Crippen LogP contribution < -0.4 is 10.6 Å². The fraction of sp³-hybridized carbons (Fsp3) is 0.0556. The first kappa shape index (κ1) is 18.3. The van der Waals surface area contributed by atoms with E-state index >= 15 is 0 Å². The van der Waals surface area contributed by atoms with Crippen molar-refractivity contribution in [2.75, 3.05) is 10.6 Å². The normalized spacial score (nSPS) is 11.1. The topological polar surface area (TPSA) is 66.9 Å². The van der Waals surface area contributed by atoms with Crippen molar-refractivity contribution in [3.8, 4) is 0 Å². The molecule has 0 aliphatic rings. The van der Waals surface area contributed by atoms with E-state index in [0.29, 0.717) is 5.69 Å². The van der Waals surface area contributed by atoms with Crippen LogP contribution in [-0.4, -0.2) is 16.1 Å². The van der Waals surface area contributed by atoms with Gasteiger partial charge in [0.15, 0.2) is 11.5 Å². The van der Waals surface area contributed by atoms with Crippen molar-refractivity contribution < 1.29 is 22.4 Å². The molecule has 0 spiro atoms. The Morgan fingerprint density at radius 3 is 2.22 bits per heavy atom. The Kier molecular flexibility index (Phi) is 5.02. The highest BCUT2D eigenvalue weighted by atomic mass is 19.4. The van der Waals surface area contributed by atoms with Gasteiger partial charge in [0.05, 0.1) is 5.56 Å². The number of alkyl halides is 3. The SMILES string of the molecule is O=C(Nc1cccc(F)c1)c1ccc(Nc2ccc(C(F)(F)F)cc2)nn1. The fourth-order valence-corrected chi connectivity index (χ4v) is 2.17. The number of carbonyl (C=O) groups is 1. The third kappa shape index (κ3) is 4.78. The van der Waals surface area contributed by atoms with Crippen LogP contribution in [0, 0.1) is 5.82 Å². The summed E-state index contributed by atoms with van der Waals surface area (Å²) in [5.41, 5.74) is -0.108. The summed E-state index contributed by atoms with van der Waals surface area (Å²) in [6.07, 6.45) is -4.41. The maximum Gasteiger partial charge on any atom is 0.416 e. The van der Waals surface area contributed by atoms with Crippen molar-refractivity contribution in [3.63, 3.8) is 0 Å². The van der Waals surface area contributed by atoms with Crippen LogP contribution in [0.3, 0.4) is 0 Å². The number of nitrogens with one attached hydrogen (secondary N) is 2. The van der Waals surface area contributed by atoms with Crippen molar-refractivity contribution >= 4 is 23.1 Å². The molecule has 3 aromatic rings. The highest BCUT2D eigenvalue weighted by Gasteiger charge is 2.29. The summed E-state index contributed by atoms with van der Waals surface area (Å²) in [5, 5.41) is 12.8. The molecule has 0 bridgehead atoms. The molecule has 0 aliphatic heterocycles. The summed E-state index contributed by atoms with van der Waals surface area (Å²) in [6.45, 7) is 0. The van der Waals surface area contributed by atoms with Crippen molar-refractivity contribution in [3.05, 3.63) is 77.7 Å². The van der Waals surface area contributed by atoms with E-state index in [1.165, 1.54) is 42.5 Å². The van der Waals surface area contributed by atoms with Gasteiger partial charge in [-0.1, -0.05) is 6.07 Å². The highest BCUT2D eigenvalue weighted by Crippen LogP contribution is 2.30. The molecule has 0 fully saturated rings. The molecule has 138 valence electrons. The lowest BCUT2D eigenvalue weighted by Crippen LogP contribution is -2.14. The minimum absolute atomic E-state index is 0.00256. The van der Waals surface area contributed by atoms with Crippen LogP contribution in [0.4, 0.5) is 34.8 Å². The molecule has 0 radical (unpaired) electrons. The van der Waals surface area contributed by atoms with Crippen LogP contribution in [-0.2, 0) is 6.18 Å². The Balaban J connectivity index is 1.65. The number of carbonyl (C=O) groups excluding carboxylic acids is 1. The molecule has 2 aromatic carbocycles. The van der Waals surface area contributed by atoms with Gasteiger partial charge in [0, 0.05) is 11.4 Å². The van der Waals surface area contributed by atoms with Gasteiger partial charge >= 0.3 is 6.18 Å². The van der Waals surface area contributed by atoms with Gasteiger partial charge in [-0.15, -0.1) is 10.2 Å². The van der Waals surface area contributed by atoms with E-state index in [1.807, 2.05) is 0 Å². The molecule has 0 saturated heterocycles. The van der Waals surface area contributed by atoms with Gasteiger partial charge in [0.1, 0.15) is 5.82 Å². The van der Waals surface area contributed by atoms with Crippen LogP contribution in [0.2, 0.25) is 0 Å². The number of nitrogens with zero attached hydrogens (tertiary/aromatic N) is 2. The first-order valence-electron chi connectivity index (χ1n) is 7.66. The molecule has 2 N–H and O–H groups in total. The quantitative estimate of drug-likeness (QED) is 0.652. The lowest BCUT2D eigenvalue weighted by molar-refractivity contribution is -0.137. The largest absolute Gasteiger partial charge is 0.416 e. The predicted octanol–water partition coefficient (Wildman–Crippen LogP) is 4.63. The van der Waals surface area contributed by atoms with Gasteiger partial charge in [0.2, 0.25) is 0 Å². The second kappa shape index (κ2) is 7.40. The monoisotopic (exact) mass is 376 g/mol. The minimum atomic E-state index is -4.41. The summed E-state index contributed by atoms with van der Waals surface area (Å²) in [6, 6.07) is 12.6. The molecule has 1 heterocycles. The van der Waals surface area contributed by atoms with E-state index in [1.54, 1.807) is 0 Å². The van der Waals surface area contributed by atoms with E-state index in [4.69, 9.17) is 0 Å². The predicted molar refractivity (Wildman–Crippen MR) is 91.1 cm³/mol. The molecular formula is C18H12F4N4O. The highest BCUT2D eigenvalue weighted by molar-refractivity contribution is 6.02. The Labute approximate surface area is 151 Å². The van der Waals surface area contributed by atoms with Crippen LogP contribution in [0.15, 0.2) is 60.7 Å². The molecule has 1 amide bonds. The number of halogens is 4. The Morgan fingerprint density at radius 1 is 0.889 bits per heavy atom. The summed E-state index contributed by atoms with van der Waals surface area (Å²) in [5.74, 6) is -0.818. The van der Waals surface area contributed by atoms with Crippen molar-refractivity contribution in [1.29, 1.82) is 0 Å². The first-order valence-corrected chi connectivity index (χ1v) is 7.66. The van der Waals surface area contributed by atoms with Gasteiger partial charge in [-0.3, -0.25) is 4.79 Å². The van der Waals surface area contributed by atoms with Crippen LogP contribution >= 0.6 is 0 Å². The smallest absolute Gasteiger partial charge is 0.339 e. The average Bonchev–Trinajstić information content (AvgIpc) is 2.62. The van der Waals surface area contributed by atoms with E-state index in [0.717, 1.165) is 18.2 Å². The zero-order valence-electron chi connectivity index (χ0n) is 13.6. The minimum Gasteiger partial charge on any atom is -0.339 e. The zero-order chi connectivity index (χ0) is 19.4. The molecular weight excluding hydrogens is 364 g/mol. The van der Waals surface area contributed by atoms with Gasteiger partial charge in [-0.2, -0.15) is 13.2 Å². The Hall–Kier alpha value is -3.49. The maximum absolute atomic E-state index is 13.1. The standard InChI is InChI=1S/C18H12F4N4O/c19-12-2-1-3-14(10-12)24-17(27)15-8-9-16(26-25-15)23-13-6-4-11(5-7-13)18(20,21)22/h1-10H,(H,23,26)(H,24,27). The second-order valence-corrected chi connectivity index (χ2v) is 5.47. The van der Waals surface area contributed by atoms with Crippen molar-refractivity contribution in [2.45, 2.75) is 6.18 Å². The molecule has 0 saturated carbocycles. The van der Waals surface area contributed by atoms with E-state index in [-0.39, 0.29) is 17.2 Å². The number of rotatable bonds is 4. The maximum atomic E-state index is 13.1. The van der Waals surface area contributed by atoms with Crippen molar-refractivity contribution in [2.24, 2.45) is 0 Å². The van der Waals surface area contributed by atoms with E-state index in [9.17, 15) is 22.4 Å². The van der Waals surface area contributed by atoms with Crippen LogP contribution in [0.1, 0.15) is 16.1 Å². The lowest BCUT2D eigenvalue weighted by Gasteiger charge is -2.09. The molecule has 27 heavy (non-hydrogen) atoms. The number of anilines is 3. The fourth-order valence-electron chi connectivity index (χ4n) is 2.17. The van der Waals surface area contributed by atoms with E-state index < -0.39 is 23.5 Å². The summed E-state index contributed by atoms with van der Waals surface area (Å²) < 4.78 is 50.8. The molecule has 9 heteroatoms. The summed E-state index contributed by atoms with van der Waals surface area (Å²) in [4.78, 5) is 12.1. The zero-order valence-corrected chi connectivity index (χ0v) is 13.6. The molecule has 3 rings (SSSR count). The average molecular weight is 376 g/mol. The van der Waals surface area contributed by atoms with Gasteiger partial charge in [-0.05, 0) is 54.6 Å².